The van der Waals surface area contributed by atoms with E-state index in [4.69, 9.17) is 0 Å². The first-order valence-electron chi connectivity index (χ1n) is 7.67. The normalized spacial score (nSPS) is 11.3. The highest BCUT2D eigenvalue weighted by molar-refractivity contribution is 5.70. The molecule has 0 fully saturated rings. The van der Waals surface area contributed by atoms with E-state index in [1.54, 1.807) is 0 Å². The Morgan fingerprint density at radius 3 is 1.30 bits per heavy atom. The van der Waals surface area contributed by atoms with Gasteiger partial charge in [-0.05, 0) is 6.07 Å². The average Bonchev–Trinajstić information content (AvgIpc) is 2.74. The fraction of sp³-hybridized carbons (Fsp3) is 0.0556. The predicted molar refractivity (Wildman–Crippen MR) is 80.6 cm³/mol. The van der Waals surface area contributed by atoms with Crippen LogP contribution in [-0.4, -0.2) is 10.1 Å². The topological polar surface area (TPSA) is 33.1 Å². The summed E-state index contributed by atoms with van der Waals surface area (Å²) in [5, 5.41) is 9.29. The Labute approximate surface area is 160 Å². The Hall–Kier alpha value is -3.15. The molecule has 0 atom stereocenters. The van der Waals surface area contributed by atoms with Gasteiger partial charge in [0.1, 0.15) is 0 Å². The Kier molecular flexibility index (Phi) is 5.46. The second-order valence-electron chi connectivity index (χ2n) is 5.75. The van der Waals surface area contributed by atoms with Gasteiger partial charge in [-0.2, -0.15) is 0 Å². The summed E-state index contributed by atoms with van der Waals surface area (Å²) >= 11 is 0. The highest BCUT2D eigenvalue weighted by atomic mass is 19.2. The van der Waals surface area contributed by atoms with Crippen molar-refractivity contribution in [2.45, 2.75) is 6.61 Å². The number of hydrogen-bond acceptors (Lipinski definition) is 2. The van der Waals surface area contributed by atoms with Crippen molar-refractivity contribution < 1.29 is 49.0 Å². The summed E-state index contributed by atoms with van der Waals surface area (Å²) in [6, 6.07) is 1.33. The number of aliphatic hydroxyl groups is 1. The van der Waals surface area contributed by atoms with Gasteiger partial charge < -0.3 is 5.11 Å². The molecule has 3 rings (SSSR count). The second-order valence-corrected chi connectivity index (χ2v) is 5.75. The molecule has 158 valence electrons. The molecule has 0 aliphatic carbocycles. The SMILES string of the molecule is OCc1ccc(-c2c(F)c(F)c(F)c(F)c2F)nc1-c1c(F)c(F)c(F)c(F)c1F. The van der Waals surface area contributed by atoms with Gasteiger partial charge >= 0.3 is 0 Å². The minimum atomic E-state index is -2.50. The van der Waals surface area contributed by atoms with Crippen molar-refractivity contribution in [3.05, 3.63) is 75.9 Å². The Balaban J connectivity index is 2.40. The molecule has 2 aromatic carbocycles. The second kappa shape index (κ2) is 7.59. The van der Waals surface area contributed by atoms with Crippen molar-refractivity contribution in [3.8, 4) is 22.5 Å². The third-order valence-electron chi connectivity index (χ3n) is 4.06. The fourth-order valence-electron chi connectivity index (χ4n) is 2.61. The molecule has 3 aromatic rings. The van der Waals surface area contributed by atoms with Gasteiger partial charge in [0.2, 0.25) is 11.6 Å². The lowest BCUT2D eigenvalue weighted by Crippen LogP contribution is -2.09. The molecule has 1 aromatic heterocycles. The van der Waals surface area contributed by atoms with E-state index in [0.717, 1.165) is 0 Å². The Bertz CT molecular complexity index is 1140. The zero-order valence-corrected chi connectivity index (χ0v) is 14.0. The van der Waals surface area contributed by atoms with Crippen LogP contribution in [0.25, 0.3) is 22.5 Å². The fourth-order valence-corrected chi connectivity index (χ4v) is 2.61. The van der Waals surface area contributed by atoms with Crippen molar-refractivity contribution in [3.63, 3.8) is 0 Å². The largest absolute Gasteiger partial charge is 0.392 e. The molecule has 1 heterocycles. The van der Waals surface area contributed by atoms with E-state index in [1.165, 1.54) is 0 Å². The van der Waals surface area contributed by atoms with Crippen LogP contribution in [-0.2, 0) is 6.61 Å². The minimum Gasteiger partial charge on any atom is -0.392 e. The van der Waals surface area contributed by atoms with Gasteiger partial charge in [-0.1, -0.05) is 6.07 Å². The lowest BCUT2D eigenvalue weighted by Gasteiger charge is -2.14. The monoisotopic (exact) mass is 441 g/mol. The third-order valence-corrected chi connectivity index (χ3v) is 4.06. The first kappa shape index (κ1) is 21.6. The summed E-state index contributed by atoms with van der Waals surface area (Å²) in [4.78, 5) is 3.32. The van der Waals surface area contributed by atoms with E-state index in [-0.39, 0.29) is 0 Å². The van der Waals surface area contributed by atoms with Crippen molar-refractivity contribution in [1.82, 2.24) is 4.98 Å². The van der Waals surface area contributed by atoms with E-state index >= 15 is 0 Å². The first-order valence-corrected chi connectivity index (χ1v) is 7.67. The molecule has 0 bridgehead atoms. The lowest BCUT2D eigenvalue weighted by atomic mass is 10.0. The van der Waals surface area contributed by atoms with E-state index in [9.17, 15) is 49.0 Å². The Morgan fingerprint density at radius 2 is 0.900 bits per heavy atom. The maximum Gasteiger partial charge on any atom is 0.200 e. The van der Waals surface area contributed by atoms with Gasteiger partial charge in [0.05, 0.1) is 29.1 Å². The number of halogens is 10. The summed E-state index contributed by atoms with van der Waals surface area (Å²) in [5.41, 5.74) is -6.08. The van der Waals surface area contributed by atoms with E-state index in [1.807, 2.05) is 0 Å². The van der Waals surface area contributed by atoms with Crippen molar-refractivity contribution in [2.75, 3.05) is 0 Å². The number of nitrogens with zero attached hydrogens (tertiary/aromatic N) is 1. The van der Waals surface area contributed by atoms with Crippen LogP contribution >= 0.6 is 0 Å². The van der Waals surface area contributed by atoms with Gasteiger partial charge in [0.25, 0.3) is 0 Å². The quantitative estimate of drug-likeness (QED) is 0.340. The first-order chi connectivity index (χ1) is 14.0. The van der Waals surface area contributed by atoms with Gasteiger partial charge in [-0.25, -0.2) is 48.9 Å². The van der Waals surface area contributed by atoms with E-state index < -0.39 is 92.9 Å². The maximum atomic E-state index is 14.1. The molecule has 2 nitrogen and oxygen atoms in total. The van der Waals surface area contributed by atoms with Crippen molar-refractivity contribution >= 4 is 0 Å². The molecule has 30 heavy (non-hydrogen) atoms. The molecule has 12 heteroatoms. The highest BCUT2D eigenvalue weighted by Gasteiger charge is 2.31. The lowest BCUT2D eigenvalue weighted by molar-refractivity contribution is 0.282. The van der Waals surface area contributed by atoms with Crippen LogP contribution in [0.1, 0.15) is 5.56 Å². The number of hydrogen-bond donors (Lipinski definition) is 1. The maximum absolute atomic E-state index is 14.1. The Morgan fingerprint density at radius 1 is 0.533 bits per heavy atom. The molecule has 1 N–H and O–H groups in total. The van der Waals surface area contributed by atoms with Crippen molar-refractivity contribution in [2.24, 2.45) is 0 Å². The summed E-state index contributed by atoms with van der Waals surface area (Å²) < 4.78 is 137. The molecule has 0 aliphatic heterocycles. The van der Waals surface area contributed by atoms with Crippen molar-refractivity contribution in [1.29, 1.82) is 0 Å². The zero-order chi connectivity index (χ0) is 22.5. The average molecular weight is 441 g/mol. The van der Waals surface area contributed by atoms with Gasteiger partial charge in [0, 0.05) is 5.56 Å². The van der Waals surface area contributed by atoms with Crippen LogP contribution in [0.4, 0.5) is 43.9 Å². The molecule has 0 saturated carbocycles. The number of pyridine rings is 1. The van der Waals surface area contributed by atoms with Crippen LogP contribution < -0.4 is 0 Å². The molecular weight excluding hydrogens is 436 g/mol. The summed E-state index contributed by atoms with van der Waals surface area (Å²) in [6.07, 6.45) is 0. The molecular formula is C18H5F10NO. The minimum absolute atomic E-state index is 0.564. The standard InChI is InChI=1S/C18H5F10NO/c19-8-6(9(20)13(24)16(27)12(8)23)5-2-1-4(3-30)18(29-5)7-10(21)14(25)17(28)15(26)11(7)22/h1-2,30H,3H2. The number of aromatic nitrogens is 1. The van der Waals surface area contributed by atoms with Crippen LogP contribution in [0, 0.1) is 58.2 Å². The van der Waals surface area contributed by atoms with Gasteiger partial charge in [-0.3, -0.25) is 0 Å². The highest BCUT2D eigenvalue weighted by Crippen LogP contribution is 2.36. The van der Waals surface area contributed by atoms with E-state index in [2.05, 4.69) is 4.98 Å². The van der Waals surface area contributed by atoms with Crippen LogP contribution in [0.3, 0.4) is 0 Å². The molecule has 0 radical (unpaired) electrons. The summed E-state index contributed by atoms with van der Waals surface area (Å²) in [7, 11) is 0. The summed E-state index contributed by atoms with van der Waals surface area (Å²) in [6.45, 7) is -1.08. The zero-order valence-electron chi connectivity index (χ0n) is 14.0. The molecule has 0 unspecified atom stereocenters. The molecule has 0 spiro atoms. The molecule has 0 saturated heterocycles. The number of rotatable bonds is 3. The number of aliphatic hydroxyl groups excluding tert-OH is 1. The third kappa shape index (κ3) is 3.07. The number of benzene rings is 2. The van der Waals surface area contributed by atoms with Gasteiger partial charge in [0.15, 0.2) is 46.5 Å². The van der Waals surface area contributed by atoms with Crippen LogP contribution in [0.2, 0.25) is 0 Å². The van der Waals surface area contributed by atoms with Crippen LogP contribution in [0.15, 0.2) is 12.1 Å². The van der Waals surface area contributed by atoms with Gasteiger partial charge in [-0.15, -0.1) is 0 Å². The molecule has 0 amide bonds. The molecule has 0 aliphatic rings. The summed E-state index contributed by atoms with van der Waals surface area (Å²) in [5.74, 6) is -23.9. The predicted octanol–water partition coefficient (Wildman–Crippen LogP) is 5.30. The smallest absolute Gasteiger partial charge is 0.200 e. The van der Waals surface area contributed by atoms with E-state index in [0.29, 0.717) is 12.1 Å². The van der Waals surface area contributed by atoms with Crippen LogP contribution in [0.5, 0.6) is 0 Å².